The van der Waals surface area contributed by atoms with Crippen molar-refractivity contribution in [1.82, 2.24) is 14.6 Å². The van der Waals surface area contributed by atoms with Crippen molar-refractivity contribution in [3.8, 4) is 11.3 Å². The van der Waals surface area contributed by atoms with Gasteiger partial charge < -0.3 is 5.32 Å². The van der Waals surface area contributed by atoms with E-state index in [2.05, 4.69) is 32.9 Å². The highest BCUT2D eigenvalue weighted by Crippen LogP contribution is 2.25. The van der Waals surface area contributed by atoms with E-state index in [0.717, 1.165) is 29.3 Å². The molecule has 0 atom stereocenters. The summed E-state index contributed by atoms with van der Waals surface area (Å²) in [5.41, 5.74) is 2.66. The zero-order valence-corrected chi connectivity index (χ0v) is 13.7. The van der Waals surface area contributed by atoms with Crippen LogP contribution in [0.4, 0.5) is 5.82 Å². The number of fused-ring (bicyclic) bond motifs is 1. The summed E-state index contributed by atoms with van der Waals surface area (Å²) in [4.78, 5) is 5.93. The Hall–Kier alpha value is -2.37. The number of anilines is 1. The molecule has 23 heavy (non-hydrogen) atoms. The molecular weight excluding hydrogens is 328 g/mol. The number of benzene rings is 1. The molecule has 0 aliphatic carbocycles. The molecule has 0 saturated carbocycles. The Balaban J connectivity index is 1.75. The van der Waals surface area contributed by atoms with Crippen LogP contribution in [0.2, 0.25) is 5.02 Å². The van der Waals surface area contributed by atoms with E-state index in [0.29, 0.717) is 5.02 Å². The normalized spacial score (nSPS) is 11.0. The van der Waals surface area contributed by atoms with Gasteiger partial charge >= 0.3 is 0 Å². The number of rotatable bonds is 4. The van der Waals surface area contributed by atoms with E-state index in [1.807, 2.05) is 40.9 Å². The Morgan fingerprint density at radius 3 is 2.91 bits per heavy atom. The lowest BCUT2D eigenvalue weighted by atomic mass is 10.1. The number of nitrogens with zero attached hydrogens (tertiary/aromatic N) is 3. The van der Waals surface area contributed by atoms with Crippen molar-refractivity contribution < 1.29 is 0 Å². The van der Waals surface area contributed by atoms with Crippen LogP contribution in [-0.2, 0) is 6.54 Å². The molecule has 0 radical (unpaired) electrons. The van der Waals surface area contributed by atoms with Crippen LogP contribution in [0, 0.1) is 0 Å². The second-order valence-corrected chi connectivity index (χ2v) is 6.54. The molecule has 3 heterocycles. The fourth-order valence-electron chi connectivity index (χ4n) is 2.43. The Morgan fingerprint density at radius 1 is 1.13 bits per heavy atom. The predicted octanol–water partition coefficient (Wildman–Crippen LogP) is 4.72. The summed E-state index contributed by atoms with van der Waals surface area (Å²) < 4.78 is 1.81. The summed E-state index contributed by atoms with van der Waals surface area (Å²) >= 11 is 7.83. The summed E-state index contributed by atoms with van der Waals surface area (Å²) in [6, 6.07) is 15.8. The third-order valence-corrected chi connectivity index (χ3v) is 4.62. The Morgan fingerprint density at radius 2 is 2.09 bits per heavy atom. The van der Waals surface area contributed by atoms with Crippen LogP contribution < -0.4 is 5.32 Å². The second-order valence-electron chi connectivity index (χ2n) is 5.07. The maximum Gasteiger partial charge on any atom is 0.157 e. The highest BCUT2D eigenvalue weighted by Gasteiger charge is 2.08. The lowest BCUT2D eigenvalue weighted by Gasteiger charge is -2.10. The van der Waals surface area contributed by atoms with Crippen molar-refractivity contribution in [2.24, 2.45) is 0 Å². The van der Waals surface area contributed by atoms with Crippen LogP contribution in [0.1, 0.15) is 4.88 Å². The first-order valence-electron chi connectivity index (χ1n) is 7.16. The first kappa shape index (κ1) is 14.2. The molecule has 0 saturated heterocycles. The third kappa shape index (κ3) is 2.93. The van der Waals surface area contributed by atoms with E-state index < -0.39 is 0 Å². The van der Waals surface area contributed by atoms with Gasteiger partial charge in [-0.3, -0.25) is 0 Å². The van der Waals surface area contributed by atoms with Crippen molar-refractivity contribution in [2.45, 2.75) is 6.54 Å². The minimum atomic E-state index is 0.700. The number of hydrogen-bond donors (Lipinski definition) is 1. The summed E-state index contributed by atoms with van der Waals surface area (Å²) in [5.74, 6) is 0.906. The molecule has 114 valence electrons. The number of thiophene rings is 1. The average molecular weight is 341 g/mol. The molecule has 0 bridgehead atoms. The Kier molecular flexibility index (Phi) is 3.73. The van der Waals surface area contributed by atoms with Gasteiger partial charge in [0.05, 0.1) is 18.4 Å². The van der Waals surface area contributed by atoms with E-state index in [-0.39, 0.29) is 0 Å². The highest BCUT2D eigenvalue weighted by atomic mass is 35.5. The monoisotopic (exact) mass is 340 g/mol. The van der Waals surface area contributed by atoms with Crippen molar-refractivity contribution in [3.63, 3.8) is 0 Å². The van der Waals surface area contributed by atoms with Gasteiger partial charge in [0.2, 0.25) is 0 Å². The zero-order chi connectivity index (χ0) is 15.6. The number of halogens is 1. The molecule has 4 nitrogen and oxygen atoms in total. The third-order valence-electron chi connectivity index (χ3n) is 3.50. The minimum absolute atomic E-state index is 0.700. The number of nitrogens with one attached hydrogen (secondary N) is 1. The van der Waals surface area contributed by atoms with Crippen molar-refractivity contribution in [3.05, 3.63) is 70.0 Å². The topological polar surface area (TPSA) is 42.2 Å². The predicted molar refractivity (Wildman–Crippen MR) is 95.1 cm³/mol. The lowest BCUT2D eigenvalue weighted by Crippen LogP contribution is -2.05. The quantitative estimate of drug-likeness (QED) is 0.584. The molecule has 0 fully saturated rings. The van der Waals surface area contributed by atoms with Gasteiger partial charge in [-0.2, -0.15) is 9.61 Å². The fourth-order valence-corrected chi connectivity index (χ4v) is 3.26. The largest absolute Gasteiger partial charge is 0.365 e. The first-order valence-corrected chi connectivity index (χ1v) is 8.42. The minimum Gasteiger partial charge on any atom is -0.365 e. The molecule has 0 aliphatic rings. The van der Waals surface area contributed by atoms with Crippen LogP contribution in [0.5, 0.6) is 0 Å². The van der Waals surface area contributed by atoms with E-state index in [1.54, 1.807) is 17.5 Å². The van der Waals surface area contributed by atoms with Crippen molar-refractivity contribution >= 4 is 34.4 Å². The van der Waals surface area contributed by atoms with E-state index in [9.17, 15) is 0 Å². The number of hydrogen-bond acceptors (Lipinski definition) is 4. The van der Waals surface area contributed by atoms with Gasteiger partial charge in [0, 0.05) is 27.6 Å². The zero-order valence-electron chi connectivity index (χ0n) is 12.1. The van der Waals surface area contributed by atoms with E-state index in [4.69, 9.17) is 11.6 Å². The van der Waals surface area contributed by atoms with Gasteiger partial charge in [-0.25, -0.2) is 4.98 Å². The molecule has 6 heteroatoms. The van der Waals surface area contributed by atoms with E-state index in [1.165, 1.54) is 4.88 Å². The standard InChI is InChI=1S/C17H13ClN4S/c18-13-4-1-3-12(9-13)15-10-17(19-11-14-5-2-8-23-14)22-16(21-15)6-7-20-22/h1-10,19H,11H2. The van der Waals surface area contributed by atoms with Gasteiger partial charge in [-0.15, -0.1) is 11.3 Å². The van der Waals surface area contributed by atoms with Crippen LogP contribution >= 0.6 is 22.9 Å². The average Bonchev–Trinajstić information content (AvgIpc) is 3.23. The van der Waals surface area contributed by atoms with Crippen LogP contribution in [0.25, 0.3) is 16.9 Å². The molecule has 3 aromatic heterocycles. The molecule has 1 N–H and O–H groups in total. The molecule has 0 unspecified atom stereocenters. The van der Waals surface area contributed by atoms with Crippen molar-refractivity contribution in [1.29, 1.82) is 0 Å². The highest BCUT2D eigenvalue weighted by molar-refractivity contribution is 7.09. The summed E-state index contributed by atoms with van der Waals surface area (Å²) in [5, 5.41) is 10.6. The van der Waals surface area contributed by atoms with Gasteiger partial charge in [-0.1, -0.05) is 29.8 Å². The van der Waals surface area contributed by atoms with Gasteiger partial charge in [0.25, 0.3) is 0 Å². The number of aromatic nitrogens is 3. The van der Waals surface area contributed by atoms with Gasteiger partial charge in [-0.05, 0) is 23.6 Å². The molecule has 0 amide bonds. The molecule has 0 aliphatic heterocycles. The van der Waals surface area contributed by atoms with Crippen LogP contribution in [-0.4, -0.2) is 14.6 Å². The first-order chi connectivity index (χ1) is 11.3. The SMILES string of the molecule is Clc1cccc(-c2cc(NCc3cccs3)n3nccc3n2)c1. The summed E-state index contributed by atoms with van der Waals surface area (Å²) in [7, 11) is 0. The van der Waals surface area contributed by atoms with Gasteiger partial charge in [0.1, 0.15) is 5.82 Å². The van der Waals surface area contributed by atoms with Crippen molar-refractivity contribution in [2.75, 3.05) is 5.32 Å². The maximum atomic E-state index is 6.10. The molecule has 0 spiro atoms. The molecular formula is C17H13ClN4S. The lowest BCUT2D eigenvalue weighted by molar-refractivity contribution is 0.929. The Bertz CT molecular complexity index is 946. The van der Waals surface area contributed by atoms with Gasteiger partial charge in [0.15, 0.2) is 5.65 Å². The second kappa shape index (κ2) is 6.02. The fraction of sp³-hybridized carbons (Fsp3) is 0.0588. The van der Waals surface area contributed by atoms with Crippen LogP contribution in [0.15, 0.2) is 60.1 Å². The maximum absolute atomic E-state index is 6.10. The summed E-state index contributed by atoms with van der Waals surface area (Å²) in [6.07, 6.45) is 1.75. The summed E-state index contributed by atoms with van der Waals surface area (Å²) in [6.45, 7) is 0.756. The molecule has 4 rings (SSSR count). The molecule has 1 aromatic carbocycles. The molecule has 4 aromatic rings. The van der Waals surface area contributed by atoms with E-state index >= 15 is 0 Å². The Labute approximate surface area is 142 Å². The van der Waals surface area contributed by atoms with Crippen LogP contribution in [0.3, 0.4) is 0 Å². The smallest absolute Gasteiger partial charge is 0.157 e.